The first-order valence-corrected chi connectivity index (χ1v) is 11.1. The van der Waals surface area contributed by atoms with Crippen LogP contribution < -0.4 is 11.1 Å². The summed E-state index contributed by atoms with van der Waals surface area (Å²) < 4.78 is 36.7. The van der Waals surface area contributed by atoms with E-state index in [1.54, 1.807) is 25.3 Å². The van der Waals surface area contributed by atoms with Crippen molar-refractivity contribution < 1.29 is 13.5 Å². The minimum Gasteiger partial charge on any atom is -0.377 e. The van der Waals surface area contributed by atoms with Gasteiger partial charge in [-0.05, 0) is 49.6 Å². The van der Waals surface area contributed by atoms with Crippen molar-refractivity contribution in [2.45, 2.75) is 31.3 Å². The number of pyridine rings is 1. The Bertz CT molecular complexity index is 1090. The van der Waals surface area contributed by atoms with E-state index in [9.17, 15) is 13.5 Å². The smallest absolute Gasteiger partial charge is 0.210 e. The lowest BCUT2D eigenvalue weighted by molar-refractivity contribution is 0.391. The van der Waals surface area contributed by atoms with Gasteiger partial charge in [0.25, 0.3) is 0 Å². The number of nitrogens with one attached hydrogen (secondary N) is 1. The molecule has 0 amide bonds. The summed E-state index contributed by atoms with van der Waals surface area (Å²) in [4.78, 5) is 8.78. The summed E-state index contributed by atoms with van der Waals surface area (Å²) in [5.41, 5.74) is 7.99. The topological polar surface area (TPSA) is 131 Å². The number of aromatic nitrogens is 1. The first-order valence-electron chi connectivity index (χ1n) is 9.43. The Morgan fingerprint density at radius 1 is 1.40 bits per heavy atom. The number of hydrogen-bond donors (Lipinski definition) is 4. The van der Waals surface area contributed by atoms with Crippen LogP contribution in [0.3, 0.4) is 0 Å². The van der Waals surface area contributed by atoms with Gasteiger partial charge >= 0.3 is 0 Å². The fourth-order valence-corrected chi connectivity index (χ4v) is 5.53. The number of nitrogens with zero attached hydrogens (tertiary/aromatic N) is 4. The molecule has 4 rings (SSSR count). The molecule has 10 heteroatoms. The lowest BCUT2D eigenvalue weighted by atomic mass is 9.93. The molecule has 0 saturated heterocycles. The number of hydrogen-bond acceptors (Lipinski definition) is 8. The molecule has 0 fully saturated rings. The first kappa shape index (κ1) is 20.4. The zero-order chi connectivity index (χ0) is 21.7. The third-order valence-electron chi connectivity index (χ3n) is 5.65. The number of halogens is 1. The van der Waals surface area contributed by atoms with Gasteiger partial charge in [0.05, 0.1) is 23.1 Å². The summed E-state index contributed by atoms with van der Waals surface area (Å²) in [5, 5.41) is 12.4. The van der Waals surface area contributed by atoms with E-state index in [2.05, 4.69) is 21.4 Å². The van der Waals surface area contributed by atoms with E-state index in [4.69, 9.17) is 11.0 Å². The van der Waals surface area contributed by atoms with Gasteiger partial charge < -0.3 is 11.1 Å². The molecule has 2 aromatic rings. The minimum absolute atomic E-state index is 0.0521. The zero-order valence-electron chi connectivity index (χ0n) is 16.6. The number of aliphatic imine (C=N–C) groups is 1. The molecule has 2 aliphatic rings. The van der Waals surface area contributed by atoms with Crippen LogP contribution in [0, 0.1) is 17.1 Å². The van der Waals surface area contributed by atoms with Crippen LogP contribution in [0.15, 0.2) is 35.5 Å². The van der Waals surface area contributed by atoms with Crippen molar-refractivity contribution in [1.29, 1.82) is 5.26 Å². The molecule has 1 aliphatic carbocycles. The molecule has 0 bridgehead atoms. The van der Waals surface area contributed by atoms with Crippen LogP contribution in [0.5, 0.6) is 0 Å². The van der Waals surface area contributed by atoms with E-state index >= 15 is 0 Å². The Hall–Kier alpha value is -2.87. The maximum atomic E-state index is 14.8. The second-order valence-electron chi connectivity index (χ2n) is 7.83. The normalized spacial score (nSPS) is 25.8. The van der Waals surface area contributed by atoms with Gasteiger partial charge in [0, 0.05) is 24.5 Å². The minimum atomic E-state index is -3.21. The Morgan fingerprint density at radius 2 is 2.17 bits per heavy atom. The molecule has 158 valence electrons. The van der Waals surface area contributed by atoms with E-state index in [0.717, 1.165) is 28.4 Å². The Labute approximate surface area is 175 Å². The van der Waals surface area contributed by atoms with Crippen LogP contribution in [0.25, 0.3) is 0 Å². The van der Waals surface area contributed by atoms with E-state index < -0.39 is 22.1 Å². The van der Waals surface area contributed by atoms with E-state index in [0.29, 0.717) is 11.3 Å². The molecule has 8 nitrogen and oxygen atoms in total. The molecule has 0 unspecified atom stereocenters. The third kappa shape index (κ3) is 3.45. The highest BCUT2D eigenvalue weighted by molar-refractivity contribution is 8.22. The van der Waals surface area contributed by atoms with Crippen molar-refractivity contribution in [3.8, 4) is 6.07 Å². The molecule has 2 atom stereocenters. The molecular weight excluding hydrogens is 407 g/mol. The molecule has 30 heavy (non-hydrogen) atoms. The van der Waals surface area contributed by atoms with Crippen molar-refractivity contribution in [2.24, 2.45) is 10.7 Å². The quantitative estimate of drug-likeness (QED) is 0.587. The maximum absolute atomic E-state index is 14.8. The SMILES string of the molecule is CN1C(N)=N[C@](C)(c2cc(N[C@@H]3CCc4cc(C#N)cnc43)ccc2F)CS1(O)O. The highest BCUT2D eigenvalue weighted by Gasteiger charge is 2.42. The van der Waals surface area contributed by atoms with Crippen molar-refractivity contribution in [2.75, 3.05) is 18.1 Å². The van der Waals surface area contributed by atoms with Gasteiger partial charge in [-0.25, -0.2) is 13.7 Å². The molecule has 1 aromatic heterocycles. The predicted molar refractivity (Wildman–Crippen MR) is 114 cm³/mol. The highest BCUT2D eigenvalue weighted by atomic mass is 32.3. The number of nitrogens with two attached hydrogens (primary N) is 1. The van der Waals surface area contributed by atoms with Crippen molar-refractivity contribution in [3.05, 3.63) is 58.7 Å². The number of benzene rings is 1. The van der Waals surface area contributed by atoms with Crippen LogP contribution >= 0.6 is 10.8 Å². The van der Waals surface area contributed by atoms with Gasteiger partial charge in [-0.1, -0.05) is 0 Å². The van der Waals surface area contributed by atoms with Crippen LogP contribution in [-0.4, -0.2) is 37.2 Å². The predicted octanol–water partition coefficient (Wildman–Crippen LogP) is 3.33. The third-order valence-corrected chi connectivity index (χ3v) is 7.66. The second-order valence-corrected chi connectivity index (χ2v) is 9.93. The monoisotopic (exact) mass is 430 g/mol. The molecular formula is C20H23FN6O2S. The van der Waals surface area contributed by atoms with E-state index in [1.165, 1.54) is 13.1 Å². The summed E-state index contributed by atoms with van der Waals surface area (Å²) >= 11 is 0. The van der Waals surface area contributed by atoms with Gasteiger partial charge in [0.2, 0.25) is 5.96 Å². The lowest BCUT2D eigenvalue weighted by Gasteiger charge is -2.49. The van der Waals surface area contributed by atoms with Crippen LogP contribution in [-0.2, 0) is 12.0 Å². The Balaban J connectivity index is 1.65. The van der Waals surface area contributed by atoms with Crippen molar-refractivity contribution in [1.82, 2.24) is 9.29 Å². The highest BCUT2D eigenvalue weighted by Crippen LogP contribution is 2.51. The van der Waals surface area contributed by atoms with Crippen LogP contribution in [0.1, 0.15) is 41.8 Å². The lowest BCUT2D eigenvalue weighted by Crippen LogP contribution is -2.47. The summed E-state index contributed by atoms with van der Waals surface area (Å²) in [6.07, 6.45) is 3.16. The molecule has 2 heterocycles. The van der Waals surface area contributed by atoms with Gasteiger partial charge in [0.1, 0.15) is 17.4 Å². The number of anilines is 1. The van der Waals surface area contributed by atoms with Gasteiger partial charge in [0.15, 0.2) is 0 Å². The maximum Gasteiger partial charge on any atom is 0.210 e. The standard InChI is InChI=1S/C20H23FN6O2S/c1-20(11-30(28,29)27(2)19(23)26-20)15-8-14(4-5-16(15)21)25-17-6-3-13-7-12(9-22)10-24-18(13)17/h4-5,7-8,10,17,25,28-29H,3,6,11H2,1-2H3,(H2,23,26)/t17-,20+/m1/s1. The number of guanidine groups is 1. The van der Waals surface area contributed by atoms with Gasteiger partial charge in [-0.3, -0.25) is 14.1 Å². The number of rotatable bonds is 3. The summed E-state index contributed by atoms with van der Waals surface area (Å²) in [5.74, 6) is -0.714. The van der Waals surface area contributed by atoms with E-state index in [1.807, 2.05) is 6.07 Å². The molecule has 0 saturated carbocycles. The van der Waals surface area contributed by atoms with Crippen molar-refractivity contribution >= 4 is 22.4 Å². The zero-order valence-corrected chi connectivity index (χ0v) is 17.4. The first-order chi connectivity index (χ1) is 14.1. The van der Waals surface area contributed by atoms with Crippen LogP contribution in [0.2, 0.25) is 0 Å². The molecule has 1 aromatic carbocycles. The number of fused-ring (bicyclic) bond motifs is 1. The average Bonchev–Trinajstić information content (AvgIpc) is 3.09. The molecule has 1 aliphatic heterocycles. The number of nitriles is 1. The Morgan fingerprint density at radius 3 is 2.87 bits per heavy atom. The second kappa shape index (κ2) is 7.12. The fraction of sp³-hybridized carbons (Fsp3) is 0.350. The van der Waals surface area contributed by atoms with Crippen LogP contribution in [0.4, 0.5) is 10.1 Å². The fourth-order valence-electron chi connectivity index (χ4n) is 4.02. The largest absolute Gasteiger partial charge is 0.377 e. The van der Waals surface area contributed by atoms with E-state index in [-0.39, 0.29) is 23.3 Å². The van der Waals surface area contributed by atoms with Crippen molar-refractivity contribution in [3.63, 3.8) is 0 Å². The Kier molecular flexibility index (Phi) is 4.85. The number of aryl methyl sites for hydroxylation is 1. The summed E-state index contributed by atoms with van der Waals surface area (Å²) in [7, 11) is -1.76. The average molecular weight is 431 g/mol. The van der Waals surface area contributed by atoms with Gasteiger partial charge in [-0.2, -0.15) is 5.26 Å². The summed E-state index contributed by atoms with van der Waals surface area (Å²) in [6, 6.07) is 8.48. The molecule has 0 radical (unpaired) electrons. The van der Waals surface area contributed by atoms with Gasteiger partial charge in [-0.15, -0.1) is 10.8 Å². The summed E-state index contributed by atoms with van der Waals surface area (Å²) in [6.45, 7) is 1.64. The molecule has 5 N–H and O–H groups in total. The molecule has 0 spiro atoms.